The summed E-state index contributed by atoms with van der Waals surface area (Å²) in [7, 11) is 0. The third-order valence-electron chi connectivity index (χ3n) is 1.89. The number of carbonyl (C=O) groups excluding carboxylic acids is 2. The van der Waals surface area contributed by atoms with Crippen molar-refractivity contribution in [3.63, 3.8) is 0 Å². The van der Waals surface area contributed by atoms with E-state index in [0.717, 1.165) is 0 Å². The predicted molar refractivity (Wildman–Crippen MR) is 58.0 cm³/mol. The van der Waals surface area contributed by atoms with Crippen LogP contribution in [0, 0.1) is 17.0 Å². The van der Waals surface area contributed by atoms with E-state index >= 15 is 0 Å². The van der Waals surface area contributed by atoms with Crippen LogP contribution in [0.4, 0.5) is 10.5 Å². The number of aryl methyl sites for hydroxylation is 1. The van der Waals surface area contributed by atoms with Crippen molar-refractivity contribution in [2.24, 2.45) is 5.73 Å². The summed E-state index contributed by atoms with van der Waals surface area (Å²) in [5.74, 6) is -0.806. The molecule has 1 aromatic rings. The van der Waals surface area contributed by atoms with E-state index in [1.165, 1.54) is 18.2 Å². The van der Waals surface area contributed by atoms with Gasteiger partial charge in [-0.3, -0.25) is 20.3 Å². The zero-order chi connectivity index (χ0) is 13.0. The first-order valence-electron chi connectivity index (χ1n) is 4.52. The van der Waals surface area contributed by atoms with Crippen LogP contribution in [-0.4, -0.2) is 16.9 Å². The zero-order valence-electron chi connectivity index (χ0n) is 8.89. The number of nitro benzene ring substituents is 1. The van der Waals surface area contributed by atoms with Gasteiger partial charge in [-0.05, 0) is 18.6 Å². The molecule has 0 saturated carbocycles. The normalized spacial score (nSPS) is 9.47. The standard InChI is InChI=1S/C9H10N4O4/c1-5-2-3-7(13(16)17)6(4-5)8(14)11-12-9(10)15/h2-4H,1H3,(H,11,14)(H3,10,12,15). The van der Waals surface area contributed by atoms with Crippen LogP contribution in [0.1, 0.15) is 15.9 Å². The summed E-state index contributed by atoms with van der Waals surface area (Å²) in [5.41, 5.74) is 8.73. The third-order valence-corrected chi connectivity index (χ3v) is 1.89. The molecule has 90 valence electrons. The van der Waals surface area contributed by atoms with Crippen molar-refractivity contribution in [3.05, 3.63) is 39.4 Å². The molecule has 0 radical (unpaired) electrons. The highest BCUT2D eigenvalue weighted by Gasteiger charge is 2.20. The molecule has 0 bridgehead atoms. The average Bonchev–Trinajstić information content (AvgIpc) is 2.25. The van der Waals surface area contributed by atoms with Crippen molar-refractivity contribution in [2.75, 3.05) is 0 Å². The van der Waals surface area contributed by atoms with E-state index in [4.69, 9.17) is 5.73 Å². The highest BCUT2D eigenvalue weighted by Crippen LogP contribution is 2.19. The second-order valence-electron chi connectivity index (χ2n) is 3.22. The van der Waals surface area contributed by atoms with Crippen LogP contribution in [0.3, 0.4) is 0 Å². The maximum absolute atomic E-state index is 11.5. The summed E-state index contributed by atoms with van der Waals surface area (Å²) in [6.07, 6.45) is 0. The first-order valence-corrected chi connectivity index (χ1v) is 4.52. The molecule has 0 aliphatic rings. The molecule has 1 rings (SSSR count). The number of hydrogen-bond acceptors (Lipinski definition) is 4. The minimum Gasteiger partial charge on any atom is -0.350 e. The number of benzene rings is 1. The molecule has 17 heavy (non-hydrogen) atoms. The van der Waals surface area contributed by atoms with E-state index in [9.17, 15) is 19.7 Å². The SMILES string of the molecule is Cc1ccc([N+](=O)[O-])c(C(=O)NNC(N)=O)c1. The lowest BCUT2D eigenvalue weighted by Gasteiger charge is -2.06. The Kier molecular flexibility index (Phi) is 3.60. The van der Waals surface area contributed by atoms with Gasteiger partial charge in [0.2, 0.25) is 0 Å². The maximum Gasteiger partial charge on any atom is 0.330 e. The van der Waals surface area contributed by atoms with Crippen molar-refractivity contribution >= 4 is 17.6 Å². The Morgan fingerprint density at radius 2 is 2.00 bits per heavy atom. The summed E-state index contributed by atoms with van der Waals surface area (Å²) >= 11 is 0. The van der Waals surface area contributed by atoms with E-state index in [0.29, 0.717) is 5.56 Å². The molecule has 0 fully saturated rings. The number of carbonyl (C=O) groups is 2. The van der Waals surface area contributed by atoms with Gasteiger partial charge in [0.25, 0.3) is 11.6 Å². The highest BCUT2D eigenvalue weighted by atomic mass is 16.6. The molecule has 0 aliphatic heterocycles. The molecule has 0 aliphatic carbocycles. The van der Waals surface area contributed by atoms with Gasteiger partial charge in [0.1, 0.15) is 5.56 Å². The maximum atomic E-state index is 11.5. The summed E-state index contributed by atoms with van der Waals surface area (Å²) < 4.78 is 0. The summed E-state index contributed by atoms with van der Waals surface area (Å²) in [5, 5.41) is 10.7. The Labute approximate surface area is 95.9 Å². The minimum atomic E-state index is -0.964. The van der Waals surface area contributed by atoms with Crippen LogP contribution < -0.4 is 16.6 Å². The first-order chi connectivity index (χ1) is 7.91. The first kappa shape index (κ1) is 12.4. The van der Waals surface area contributed by atoms with Crippen molar-refractivity contribution in [1.82, 2.24) is 10.9 Å². The summed E-state index contributed by atoms with van der Waals surface area (Å²) in [4.78, 5) is 31.9. The number of hydrazine groups is 1. The van der Waals surface area contributed by atoms with Gasteiger partial charge in [0.15, 0.2) is 0 Å². The van der Waals surface area contributed by atoms with Gasteiger partial charge in [-0.2, -0.15) is 0 Å². The average molecular weight is 238 g/mol. The van der Waals surface area contributed by atoms with Crippen molar-refractivity contribution in [3.8, 4) is 0 Å². The Hall–Kier alpha value is -2.64. The lowest BCUT2D eigenvalue weighted by molar-refractivity contribution is -0.385. The van der Waals surface area contributed by atoms with E-state index < -0.39 is 16.9 Å². The van der Waals surface area contributed by atoms with E-state index in [1.807, 2.05) is 10.9 Å². The van der Waals surface area contributed by atoms with Crippen LogP contribution in [0.15, 0.2) is 18.2 Å². The predicted octanol–water partition coefficient (Wildman–Crippen LogP) is 0.216. The van der Waals surface area contributed by atoms with Crippen molar-refractivity contribution < 1.29 is 14.5 Å². The lowest BCUT2D eigenvalue weighted by Crippen LogP contribution is -2.44. The fraction of sp³-hybridized carbons (Fsp3) is 0.111. The molecule has 1 aromatic carbocycles. The minimum absolute atomic E-state index is 0.149. The molecule has 0 saturated heterocycles. The number of amides is 3. The molecule has 0 spiro atoms. The van der Waals surface area contributed by atoms with Crippen LogP contribution in [0.25, 0.3) is 0 Å². The fourth-order valence-corrected chi connectivity index (χ4v) is 1.18. The second kappa shape index (κ2) is 4.92. The molecular formula is C9H10N4O4. The quantitative estimate of drug-likeness (QED) is 0.502. The monoisotopic (exact) mass is 238 g/mol. The number of nitrogens with one attached hydrogen (secondary N) is 2. The fourth-order valence-electron chi connectivity index (χ4n) is 1.18. The van der Waals surface area contributed by atoms with E-state index in [2.05, 4.69) is 0 Å². The molecule has 0 unspecified atom stereocenters. The van der Waals surface area contributed by atoms with Gasteiger partial charge in [-0.1, -0.05) is 6.07 Å². The van der Waals surface area contributed by atoms with Crippen LogP contribution in [0.2, 0.25) is 0 Å². The lowest BCUT2D eigenvalue weighted by atomic mass is 10.1. The van der Waals surface area contributed by atoms with Gasteiger partial charge in [0, 0.05) is 6.07 Å². The van der Waals surface area contributed by atoms with Gasteiger partial charge >= 0.3 is 6.03 Å². The third kappa shape index (κ3) is 3.16. The molecule has 8 heteroatoms. The van der Waals surface area contributed by atoms with Gasteiger partial charge < -0.3 is 5.73 Å². The smallest absolute Gasteiger partial charge is 0.330 e. The molecule has 3 amide bonds. The molecule has 0 atom stereocenters. The zero-order valence-corrected chi connectivity index (χ0v) is 8.89. The van der Waals surface area contributed by atoms with Gasteiger partial charge in [0.05, 0.1) is 4.92 Å². The molecule has 0 heterocycles. The van der Waals surface area contributed by atoms with Crippen LogP contribution in [-0.2, 0) is 0 Å². The molecular weight excluding hydrogens is 228 g/mol. The highest BCUT2D eigenvalue weighted by molar-refractivity contribution is 5.98. The summed E-state index contributed by atoms with van der Waals surface area (Å²) in [6.45, 7) is 1.68. The number of rotatable bonds is 2. The number of nitrogens with two attached hydrogens (primary N) is 1. The number of nitro groups is 1. The number of nitrogens with zero attached hydrogens (tertiary/aromatic N) is 1. The largest absolute Gasteiger partial charge is 0.350 e. The van der Waals surface area contributed by atoms with E-state index in [-0.39, 0.29) is 11.3 Å². The molecule has 4 N–H and O–H groups in total. The van der Waals surface area contributed by atoms with Crippen LogP contribution >= 0.6 is 0 Å². The van der Waals surface area contributed by atoms with E-state index in [1.54, 1.807) is 6.92 Å². The summed E-state index contributed by atoms with van der Waals surface area (Å²) in [6, 6.07) is 3.11. The molecule has 0 aromatic heterocycles. The number of hydrogen-bond donors (Lipinski definition) is 3. The number of urea groups is 1. The van der Waals surface area contributed by atoms with Crippen molar-refractivity contribution in [2.45, 2.75) is 6.92 Å². The van der Waals surface area contributed by atoms with Crippen LogP contribution in [0.5, 0.6) is 0 Å². The second-order valence-corrected chi connectivity index (χ2v) is 3.22. The Bertz CT molecular complexity index is 486. The van der Waals surface area contributed by atoms with Gasteiger partial charge in [-0.25, -0.2) is 10.2 Å². The Morgan fingerprint density at radius 1 is 1.35 bits per heavy atom. The van der Waals surface area contributed by atoms with Gasteiger partial charge in [-0.15, -0.1) is 0 Å². The Morgan fingerprint density at radius 3 is 2.53 bits per heavy atom. The molecule has 8 nitrogen and oxygen atoms in total. The Balaban J connectivity index is 3.02. The topological polar surface area (TPSA) is 127 Å². The number of primary amides is 1. The van der Waals surface area contributed by atoms with Crippen molar-refractivity contribution in [1.29, 1.82) is 0 Å².